The van der Waals surface area contributed by atoms with Crippen LogP contribution in [-0.4, -0.2) is 42.3 Å². The number of aromatic nitrogens is 2. The van der Waals surface area contributed by atoms with Crippen LogP contribution < -0.4 is 5.32 Å². The second-order valence-corrected chi connectivity index (χ2v) is 9.22. The highest BCUT2D eigenvalue weighted by Gasteiger charge is 2.26. The van der Waals surface area contributed by atoms with Gasteiger partial charge in [0.15, 0.2) is 0 Å². The standard InChI is InChI=1S/C18H20N4O3S2/c1-12-13(2)22(11-19-12)15-7-5-14(6-8-15)20-18(23)17-16(9-10-26-17)27(24,25)21(3)4/h5-11H,1-4H3,(H,20,23). The number of aryl methyl sites for hydroxylation is 1. The Hall–Kier alpha value is -2.49. The van der Waals surface area contributed by atoms with Crippen LogP contribution in [0.1, 0.15) is 21.1 Å². The maximum absolute atomic E-state index is 12.6. The van der Waals surface area contributed by atoms with Crippen molar-refractivity contribution in [2.75, 3.05) is 19.4 Å². The van der Waals surface area contributed by atoms with Crippen LogP contribution in [0.15, 0.2) is 46.9 Å². The zero-order valence-electron chi connectivity index (χ0n) is 15.4. The van der Waals surface area contributed by atoms with Crippen LogP contribution in [0, 0.1) is 13.8 Å². The molecule has 0 unspecified atom stereocenters. The first kappa shape index (κ1) is 19.3. The van der Waals surface area contributed by atoms with Crippen LogP contribution in [0.4, 0.5) is 5.69 Å². The normalized spacial score (nSPS) is 11.7. The third-order valence-corrected chi connectivity index (χ3v) is 7.15. The van der Waals surface area contributed by atoms with Gasteiger partial charge in [0.2, 0.25) is 10.0 Å². The number of nitrogens with one attached hydrogen (secondary N) is 1. The van der Waals surface area contributed by atoms with Crippen LogP contribution in [0.25, 0.3) is 5.69 Å². The molecule has 2 heterocycles. The molecule has 0 fully saturated rings. The van der Waals surface area contributed by atoms with Crippen molar-refractivity contribution < 1.29 is 13.2 Å². The molecule has 0 aliphatic carbocycles. The molecule has 0 bridgehead atoms. The lowest BCUT2D eigenvalue weighted by molar-refractivity contribution is 0.102. The minimum Gasteiger partial charge on any atom is -0.321 e. The minimum atomic E-state index is -3.67. The van der Waals surface area contributed by atoms with Crippen molar-refractivity contribution in [3.63, 3.8) is 0 Å². The van der Waals surface area contributed by atoms with E-state index in [9.17, 15) is 13.2 Å². The molecule has 7 nitrogen and oxygen atoms in total. The van der Waals surface area contributed by atoms with Crippen LogP contribution >= 0.6 is 11.3 Å². The summed E-state index contributed by atoms with van der Waals surface area (Å²) in [6.07, 6.45) is 1.75. The first-order chi connectivity index (χ1) is 12.7. The van der Waals surface area contributed by atoms with E-state index in [-0.39, 0.29) is 9.77 Å². The lowest BCUT2D eigenvalue weighted by atomic mass is 10.2. The summed E-state index contributed by atoms with van der Waals surface area (Å²) in [6.45, 7) is 3.93. The van der Waals surface area contributed by atoms with E-state index in [4.69, 9.17) is 0 Å². The molecule has 2 aromatic heterocycles. The molecule has 0 atom stereocenters. The molecule has 1 amide bonds. The summed E-state index contributed by atoms with van der Waals surface area (Å²) in [5.74, 6) is -0.451. The maximum atomic E-state index is 12.6. The average molecular weight is 405 g/mol. The average Bonchev–Trinajstić information content (AvgIpc) is 3.24. The lowest BCUT2D eigenvalue weighted by Crippen LogP contribution is -2.24. The second kappa shape index (κ2) is 7.26. The summed E-state index contributed by atoms with van der Waals surface area (Å²) < 4.78 is 27.8. The summed E-state index contributed by atoms with van der Waals surface area (Å²) in [5, 5.41) is 4.35. The molecule has 0 aliphatic heterocycles. The Morgan fingerprint density at radius 2 is 1.81 bits per heavy atom. The Labute approximate surface area is 162 Å². The zero-order chi connectivity index (χ0) is 19.8. The third kappa shape index (κ3) is 3.66. The molecule has 0 radical (unpaired) electrons. The molecule has 142 valence electrons. The van der Waals surface area contributed by atoms with Crippen molar-refractivity contribution in [2.45, 2.75) is 18.7 Å². The van der Waals surface area contributed by atoms with Crippen LogP contribution in [0.3, 0.4) is 0 Å². The molecule has 1 N–H and O–H groups in total. The maximum Gasteiger partial charge on any atom is 0.267 e. The van der Waals surface area contributed by atoms with E-state index in [1.807, 2.05) is 30.5 Å². The zero-order valence-corrected chi connectivity index (χ0v) is 17.1. The number of nitrogens with zero attached hydrogens (tertiary/aromatic N) is 3. The van der Waals surface area contributed by atoms with E-state index in [1.165, 1.54) is 20.2 Å². The van der Waals surface area contributed by atoms with Gasteiger partial charge in [-0.15, -0.1) is 11.3 Å². The van der Waals surface area contributed by atoms with Crippen molar-refractivity contribution in [1.29, 1.82) is 0 Å². The van der Waals surface area contributed by atoms with Gasteiger partial charge in [-0.3, -0.25) is 4.79 Å². The summed E-state index contributed by atoms with van der Waals surface area (Å²) in [5.41, 5.74) is 3.52. The van der Waals surface area contributed by atoms with Gasteiger partial charge in [-0.2, -0.15) is 0 Å². The van der Waals surface area contributed by atoms with Gasteiger partial charge in [-0.1, -0.05) is 0 Å². The van der Waals surface area contributed by atoms with Crippen molar-refractivity contribution in [2.24, 2.45) is 0 Å². The highest BCUT2D eigenvalue weighted by Crippen LogP contribution is 2.25. The number of hydrogen-bond acceptors (Lipinski definition) is 5. The third-order valence-electron chi connectivity index (χ3n) is 4.25. The van der Waals surface area contributed by atoms with Gasteiger partial charge in [0.25, 0.3) is 5.91 Å². The second-order valence-electron chi connectivity index (χ2n) is 6.19. The minimum absolute atomic E-state index is 0.0103. The fourth-order valence-corrected chi connectivity index (χ4v) is 4.70. The Morgan fingerprint density at radius 1 is 1.15 bits per heavy atom. The van der Waals surface area contributed by atoms with Crippen molar-refractivity contribution in [3.8, 4) is 5.69 Å². The molecule has 27 heavy (non-hydrogen) atoms. The van der Waals surface area contributed by atoms with Crippen molar-refractivity contribution in [3.05, 3.63) is 58.3 Å². The fourth-order valence-electron chi connectivity index (χ4n) is 2.52. The first-order valence-electron chi connectivity index (χ1n) is 8.14. The number of amides is 1. The molecule has 0 spiro atoms. The van der Waals surface area contributed by atoms with Gasteiger partial charge in [-0.25, -0.2) is 17.7 Å². The molecule has 3 aromatic rings. The smallest absolute Gasteiger partial charge is 0.267 e. The van der Waals surface area contributed by atoms with E-state index < -0.39 is 15.9 Å². The highest BCUT2D eigenvalue weighted by molar-refractivity contribution is 7.89. The number of hydrogen-bond donors (Lipinski definition) is 1. The fraction of sp³-hybridized carbons (Fsp3) is 0.222. The van der Waals surface area contributed by atoms with Gasteiger partial charge in [-0.05, 0) is 49.6 Å². The lowest BCUT2D eigenvalue weighted by Gasteiger charge is -2.12. The van der Waals surface area contributed by atoms with E-state index in [2.05, 4.69) is 10.3 Å². The van der Waals surface area contributed by atoms with Crippen LogP contribution in [0.2, 0.25) is 0 Å². The number of anilines is 1. The quantitative estimate of drug-likeness (QED) is 0.708. The largest absolute Gasteiger partial charge is 0.321 e. The predicted molar refractivity (Wildman–Crippen MR) is 106 cm³/mol. The summed E-state index contributed by atoms with van der Waals surface area (Å²) >= 11 is 1.10. The van der Waals surface area contributed by atoms with Crippen molar-refractivity contribution >= 4 is 33.0 Å². The first-order valence-corrected chi connectivity index (χ1v) is 10.5. The van der Waals surface area contributed by atoms with Gasteiger partial charge < -0.3 is 9.88 Å². The molecule has 1 aromatic carbocycles. The van der Waals surface area contributed by atoms with Gasteiger partial charge in [0.1, 0.15) is 9.77 Å². The summed E-state index contributed by atoms with van der Waals surface area (Å²) in [7, 11) is -0.799. The summed E-state index contributed by atoms with van der Waals surface area (Å²) in [4.78, 5) is 17.0. The highest BCUT2D eigenvalue weighted by atomic mass is 32.2. The summed E-state index contributed by atoms with van der Waals surface area (Å²) in [6, 6.07) is 8.74. The van der Waals surface area contributed by atoms with E-state index >= 15 is 0 Å². The van der Waals surface area contributed by atoms with Crippen LogP contribution in [0.5, 0.6) is 0 Å². The topological polar surface area (TPSA) is 84.3 Å². The Bertz CT molecular complexity index is 1080. The Kier molecular flexibility index (Phi) is 5.18. The number of thiophene rings is 1. The van der Waals surface area contributed by atoms with E-state index in [0.717, 1.165) is 32.7 Å². The molecule has 0 aliphatic rings. The molecule has 9 heteroatoms. The number of sulfonamides is 1. The van der Waals surface area contributed by atoms with Gasteiger partial charge in [0.05, 0.1) is 12.0 Å². The Balaban J connectivity index is 1.82. The number of imidazole rings is 1. The number of rotatable bonds is 5. The number of benzene rings is 1. The monoisotopic (exact) mass is 404 g/mol. The van der Waals surface area contributed by atoms with Gasteiger partial charge in [0, 0.05) is 31.2 Å². The SMILES string of the molecule is Cc1ncn(-c2ccc(NC(=O)c3sccc3S(=O)(=O)N(C)C)cc2)c1C. The van der Waals surface area contributed by atoms with Crippen molar-refractivity contribution in [1.82, 2.24) is 13.9 Å². The predicted octanol–water partition coefficient (Wildman–Crippen LogP) is 3.05. The molecular formula is C18H20N4O3S2. The molecule has 0 saturated heterocycles. The molecule has 0 saturated carbocycles. The number of carbonyl (C=O) groups is 1. The molecular weight excluding hydrogens is 384 g/mol. The number of carbonyl (C=O) groups excluding carboxylic acids is 1. The van der Waals surface area contributed by atoms with E-state index in [0.29, 0.717) is 5.69 Å². The molecule has 3 rings (SSSR count). The Morgan fingerprint density at radius 3 is 2.37 bits per heavy atom. The van der Waals surface area contributed by atoms with E-state index in [1.54, 1.807) is 23.8 Å². The van der Waals surface area contributed by atoms with Crippen LogP contribution in [-0.2, 0) is 10.0 Å². The van der Waals surface area contributed by atoms with Gasteiger partial charge >= 0.3 is 0 Å².